The summed E-state index contributed by atoms with van der Waals surface area (Å²) in [5, 5.41) is 0. The van der Waals surface area contributed by atoms with Crippen LogP contribution in [-0.4, -0.2) is 13.2 Å². The van der Waals surface area contributed by atoms with E-state index in [1.165, 1.54) is 62.5 Å². The lowest BCUT2D eigenvalue weighted by atomic mass is 10.1. The Morgan fingerprint density at radius 1 is 0.741 bits per heavy atom. The molecule has 2 heteroatoms. The quantitative estimate of drug-likeness (QED) is 0.322. The van der Waals surface area contributed by atoms with Crippen molar-refractivity contribution in [2.45, 2.75) is 71.6 Å². The van der Waals surface area contributed by atoms with Crippen molar-refractivity contribution in [3.8, 4) is 11.5 Å². The maximum absolute atomic E-state index is 6.06. The Bertz CT molecular complexity index is 621. The third kappa shape index (κ3) is 9.10. The molecule has 0 aliphatic heterocycles. The van der Waals surface area contributed by atoms with Crippen molar-refractivity contribution in [1.82, 2.24) is 0 Å². The van der Waals surface area contributed by atoms with Crippen LogP contribution in [0.15, 0.2) is 48.5 Å². The molecule has 0 fully saturated rings. The molecule has 0 N–H and O–H groups in total. The predicted molar refractivity (Wildman–Crippen MR) is 115 cm³/mol. The van der Waals surface area contributed by atoms with E-state index in [1.807, 2.05) is 30.3 Å². The maximum atomic E-state index is 6.06. The summed E-state index contributed by atoms with van der Waals surface area (Å²) in [5.41, 5.74) is 2.48. The van der Waals surface area contributed by atoms with Crippen LogP contribution in [0.3, 0.4) is 0 Å². The SMILES string of the molecule is CCCCCCCCCCOCCc1cc(C)ccc1Oc1ccccc1. The molecule has 0 aliphatic carbocycles. The van der Waals surface area contributed by atoms with Crippen LogP contribution in [0.5, 0.6) is 11.5 Å². The Morgan fingerprint density at radius 3 is 2.19 bits per heavy atom. The molecule has 0 bridgehead atoms. The first kappa shape index (κ1) is 21.5. The summed E-state index contributed by atoms with van der Waals surface area (Å²) in [6, 6.07) is 16.3. The molecule has 0 unspecified atom stereocenters. The Balaban J connectivity index is 1.64. The Hall–Kier alpha value is -1.80. The van der Waals surface area contributed by atoms with Gasteiger partial charge in [0.2, 0.25) is 0 Å². The second-order valence-corrected chi connectivity index (χ2v) is 7.36. The molecule has 0 heterocycles. The van der Waals surface area contributed by atoms with Crippen molar-refractivity contribution in [3.63, 3.8) is 0 Å². The monoisotopic (exact) mass is 368 g/mol. The number of hydrogen-bond donors (Lipinski definition) is 0. The smallest absolute Gasteiger partial charge is 0.130 e. The van der Waals surface area contributed by atoms with Gasteiger partial charge in [-0.3, -0.25) is 0 Å². The highest BCUT2D eigenvalue weighted by Gasteiger charge is 2.06. The first-order valence-electron chi connectivity index (χ1n) is 10.7. The summed E-state index contributed by atoms with van der Waals surface area (Å²) in [5.74, 6) is 1.81. The molecule has 2 aromatic rings. The largest absolute Gasteiger partial charge is 0.457 e. The predicted octanol–water partition coefficient (Wildman–Crippen LogP) is 7.49. The molecule has 148 valence electrons. The molecule has 0 aliphatic rings. The van der Waals surface area contributed by atoms with Gasteiger partial charge in [0, 0.05) is 6.61 Å². The van der Waals surface area contributed by atoms with Crippen LogP contribution in [0.1, 0.15) is 69.4 Å². The zero-order valence-corrected chi connectivity index (χ0v) is 17.2. The minimum absolute atomic E-state index is 0.755. The summed E-state index contributed by atoms with van der Waals surface area (Å²) in [6.07, 6.45) is 11.6. The van der Waals surface area contributed by atoms with E-state index in [1.54, 1.807) is 0 Å². The van der Waals surface area contributed by atoms with E-state index in [0.29, 0.717) is 0 Å². The van der Waals surface area contributed by atoms with E-state index >= 15 is 0 Å². The molecule has 27 heavy (non-hydrogen) atoms. The molecular formula is C25H36O2. The number of hydrogen-bond acceptors (Lipinski definition) is 2. The van der Waals surface area contributed by atoms with Crippen LogP contribution in [0.2, 0.25) is 0 Å². The van der Waals surface area contributed by atoms with Crippen molar-refractivity contribution in [2.75, 3.05) is 13.2 Å². The normalized spacial score (nSPS) is 10.9. The number of benzene rings is 2. The van der Waals surface area contributed by atoms with Crippen LogP contribution in [0.25, 0.3) is 0 Å². The van der Waals surface area contributed by atoms with Gasteiger partial charge in [-0.2, -0.15) is 0 Å². The van der Waals surface area contributed by atoms with Crippen molar-refractivity contribution in [2.24, 2.45) is 0 Å². The average molecular weight is 369 g/mol. The van der Waals surface area contributed by atoms with Gasteiger partial charge in [-0.05, 0) is 43.5 Å². The Morgan fingerprint density at radius 2 is 1.44 bits per heavy atom. The summed E-state index contributed by atoms with van der Waals surface area (Å²) in [6.45, 7) is 6.02. The molecule has 0 saturated heterocycles. The molecule has 0 atom stereocenters. The van der Waals surface area contributed by atoms with Gasteiger partial charge in [0.15, 0.2) is 0 Å². The van der Waals surface area contributed by atoms with Gasteiger partial charge >= 0.3 is 0 Å². The van der Waals surface area contributed by atoms with Gasteiger partial charge in [-0.15, -0.1) is 0 Å². The van der Waals surface area contributed by atoms with E-state index < -0.39 is 0 Å². The molecule has 2 nitrogen and oxygen atoms in total. The zero-order valence-electron chi connectivity index (χ0n) is 17.2. The van der Waals surface area contributed by atoms with Gasteiger partial charge in [0.1, 0.15) is 11.5 Å². The number of aryl methyl sites for hydroxylation is 1. The lowest BCUT2D eigenvalue weighted by Gasteiger charge is -2.12. The minimum Gasteiger partial charge on any atom is -0.457 e. The molecular weight excluding hydrogens is 332 g/mol. The minimum atomic E-state index is 0.755. The first-order valence-corrected chi connectivity index (χ1v) is 10.7. The van der Waals surface area contributed by atoms with E-state index in [9.17, 15) is 0 Å². The van der Waals surface area contributed by atoms with Crippen LogP contribution in [0, 0.1) is 6.92 Å². The van der Waals surface area contributed by atoms with Gasteiger partial charge in [-0.1, -0.05) is 87.8 Å². The standard InChI is InChI=1S/C25H36O2/c1-3-4-5-6-7-8-9-13-19-26-20-18-23-21-22(2)16-17-25(23)27-24-14-11-10-12-15-24/h10-12,14-17,21H,3-9,13,18-20H2,1-2H3. The van der Waals surface area contributed by atoms with Crippen molar-refractivity contribution in [1.29, 1.82) is 0 Å². The third-order valence-corrected chi connectivity index (χ3v) is 4.84. The molecule has 0 aromatic heterocycles. The summed E-state index contributed by atoms with van der Waals surface area (Å²) >= 11 is 0. The number of unbranched alkanes of at least 4 members (excludes halogenated alkanes) is 7. The fraction of sp³-hybridized carbons (Fsp3) is 0.520. The van der Waals surface area contributed by atoms with E-state index in [2.05, 4.69) is 32.0 Å². The highest BCUT2D eigenvalue weighted by molar-refractivity contribution is 5.40. The van der Waals surface area contributed by atoms with Gasteiger partial charge in [0.25, 0.3) is 0 Å². The van der Waals surface area contributed by atoms with E-state index in [4.69, 9.17) is 9.47 Å². The van der Waals surface area contributed by atoms with Gasteiger partial charge < -0.3 is 9.47 Å². The molecule has 0 saturated carbocycles. The highest BCUT2D eigenvalue weighted by Crippen LogP contribution is 2.26. The number of rotatable bonds is 14. The van der Waals surface area contributed by atoms with Gasteiger partial charge in [0.05, 0.1) is 6.61 Å². The summed E-state index contributed by atoms with van der Waals surface area (Å²) < 4.78 is 11.9. The highest BCUT2D eigenvalue weighted by atomic mass is 16.5. The van der Waals surface area contributed by atoms with Gasteiger partial charge in [-0.25, -0.2) is 0 Å². The number of para-hydroxylation sites is 1. The first-order chi connectivity index (χ1) is 13.3. The van der Waals surface area contributed by atoms with Crippen molar-refractivity contribution in [3.05, 3.63) is 59.7 Å². The van der Waals surface area contributed by atoms with Crippen molar-refractivity contribution >= 4 is 0 Å². The maximum Gasteiger partial charge on any atom is 0.130 e. The number of ether oxygens (including phenoxy) is 2. The fourth-order valence-electron chi connectivity index (χ4n) is 3.24. The molecule has 0 radical (unpaired) electrons. The summed E-state index contributed by atoms with van der Waals surface area (Å²) in [7, 11) is 0. The lowest BCUT2D eigenvalue weighted by molar-refractivity contribution is 0.132. The lowest BCUT2D eigenvalue weighted by Crippen LogP contribution is -2.02. The fourth-order valence-corrected chi connectivity index (χ4v) is 3.24. The Kier molecular flexibility index (Phi) is 10.7. The van der Waals surface area contributed by atoms with Crippen LogP contribution in [-0.2, 0) is 11.2 Å². The molecule has 0 spiro atoms. The second kappa shape index (κ2) is 13.4. The van der Waals surface area contributed by atoms with E-state index in [-0.39, 0.29) is 0 Å². The van der Waals surface area contributed by atoms with Crippen LogP contribution >= 0.6 is 0 Å². The Labute approximate surface area is 165 Å². The van der Waals surface area contributed by atoms with E-state index in [0.717, 1.165) is 31.1 Å². The van der Waals surface area contributed by atoms with Crippen LogP contribution in [0.4, 0.5) is 0 Å². The van der Waals surface area contributed by atoms with Crippen molar-refractivity contribution < 1.29 is 9.47 Å². The topological polar surface area (TPSA) is 18.5 Å². The average Bonchev–Trinajstić information content (AvgIpc) is 2.69. The summed E-state index contributed by atoms with van der Waals surface area (Å²) in [4.78, 5) is 0. The van der Waals surface area contributed by atoms with Crippen LogP contribution < -0.4 is 4.74 Å². The zero-order chi connectivity index (χ0) is 19.2. The molecule has 2 rings (SSSR count). The molecule has 2 aromatic carbocycles. The second-order valence-electron chi connectivity index (χ2n) is 7.36. The third-order valence-electron chi connectivity index (χ3n) is 4.84. The molecule has 0 amide bonds.